The second-order valence-corrected chi connectivity index (χ2v) is 4.98. The maximum absolute atomic E-state index is 4.35. The molecule has 19 heavy (non-hydrogen) atoms. The summed E-state index contributed by atoms with van der Waals surface area (Å²) >= 11 is 0. The number of pyridine rings is 1. The number of H-pyrrole nitrogens is 1. The molecule has 0 saturated carbocycles. The van der Waals surface area contributed by atoms with Gasteiger partial charge in [-0.25, -0.2) is 9.97 Å². The van der Waals surface area contributed by atoms with E-state index < -0.39 is 0 Å². The van der Waals surface area contributed by atoms with Gasteiger partial charge in [0.05, 0.1) is 5.52 Å². The summed E-state index contributed by atoms with van der Waals surface area (Å²) < 4.78 is 0. The fourth-order valence-corrected chi connectivity index (χ4v) is 2.08. The quantitative estimate of drug-likeness (QED) is 0.664. The average molecular weight is 261 g/mol. The molecular formula is C14H23N5. The van der Waals surface area contributed by atoms with E-state index in [0.717, 1.165) is 36.6 Å². The van der Waals surface area contributed by atoms with E-state index in [9.17, 15) is 0 Å². The van der Waals surface area contributed by atoms with Crippen LogP contribution in [0.3, 0.4) is 0 Å². The van der Waals surface area contributed by atoms with Gasteiger partial charge < -0.3 is 15.6 Å². The molecule has 0 aliphatic carbocycles. The maximum Gasteiger partial charge on any atom is 0.177 e. The Balaban J connectivity index is 1.94. The molecule has 0 fully saturated rings. The molecule has 0 amide bonds. The molecule has 5 heteroatoms. The van der Waals surface area contributed by atoms with Gasteiger partial charge in [0.15, 0.2) is 5.65 Å². The molecule has 2 aromatic rings. The third kappa shape index (κ3) is 3.75. The maximum atomic E-state index is 4.35. The molecule has 5 nitrogen and oxygen atoms in total. The largest absolute Gasteiger partial charge is 0.341 e. The Hall–Kier alpha value is -1.46. The summed E-state index contributed by atoms with van der Waals surface area (Å²) in [6, 6.07) is 2.48. The van der Waals surface area contributed by atoms with Crippen LogP contribution in [0.2, 0.25) is 0 Å². The van der Waals surface area contributed by atoms with Gasteiger partial charge in [-0.05, 0) is 38.4 Å². The lowest BCUT2D eigenvalue weighted by atomic mass is 10.2. The number of hydrogen-bond donors (Lipinski definition) is 3. The normalized spacial score (nSPS) is 13.0. The van der Waals surface area contributed by atoms with Crippen LogP contribution in [0.4, 0.5) is 0 Å². The zero-order valence-electron chi connectivity index (χ0n) is 12.0. The number of fused-ring (bicyclic) bond motifs is 1. The average Bonchev–Trinajstić information content (AvgIpc) is 2.77. The van der Waals surface area contributed by atoms with E-state index in [2.05, 4.69) is 39.4 Å². The molecule has 2 rings (SSSR count). The second-order valence-electron chi connectivity index (χ2n) is 4.98. The molecule has 3 N–H and O–H groups in total. The molecule has 0 aliphatic heterocycles. The van der Waals surface area contributed by atoms with Gasteiger partial charge in [-0.15, -0.1) is 0 Å². The van der Waals surface area contributed by atoms with Crippen LogP contribution in [0.5, 0.6) is 0 Å². The predicted octanol–water partition coefficient (Wildman–Crippen LogP) is 1.74. The van der Waals surface area contributed by atoms with E-state index >= 15 is 0 Å². The van der Waals surface area contributed by atoms with Crippen LogP contribution in [0, 0.1) is 6.92 Å². The fraction of sp³-hybridized carbons (Fsp3) is 0.571. The van der Waals surface area contributed by atoms with Crippen LogP contribution in [0.15, 0.2) is 12.3 Å². The van der Waals surface area contributed by atoms with Crippen molar-refractivity contribution in [2.45, 2.75) is 39.8 Å². The SMILES string of the molecule is CCCNCC(C)NCc1ccnc2nc(C)[nH]c12. The smallest absolute Gasteiger partial charge is 0.177 e. The van der Waals surface area contributed by atoms with E-state index in [1.807, 2.05) is 19.2 Å². The van der Waals surface area contributed by atoms with E-state index in [1.54, 1.807) is 0 Å². The van der Waals surface area contributed by atoms with Crippen LogP contribution in [-0.4, -0.2) is 34.1 Å². The van der Waals surface area contributed by atoms with Crippen molar-refractivity contribution in [3.63, 3.8) is 0 Å². The van der Waals surface area contributed by atoms with Crippen molar-refractivity contribution < 1.29 is 0 Å². The van der Waals surface area contributed by atoms with E-state index in [4.69, 9.17) is 0 Å². The van der Waals surface area contributed by atoms with Gasteiger partial charge in [-0.3, -0.25) is 0 Å². The summed E-state index contributed by atoms with van der Waals surface area (Å²) in [7, 11) is 0. The van der Waals surface area contributed by atoms with Gasteiger partial charge >= 0.3 is 0 Å². The van der Waals surface area contributed by atoms with Crippen molar-refractivity contribution in [1.29, 1.82) is 0 Å². The fourth-order valence-electron chi connectivity index (χ4n) is 2.08. The summed E-state index contributed by atoms with van der Waals surface area (Å²) in [6.45, 7) is 9.22. The number of imidazole rings is 1. The molecule has 0 saturated heterocycles. The minimum atomic E-state index is 0.443. The Morgan fingerprint density at radius 3 is 3.05 bits per heavy atom. The van der Waals surface area contributed by atoms with Gasteiger partial charge in [0, 0.05) is 25.3 Å². The van der Waals surface area contributed by atoms with E-state index in [-0.39, 0.29) is 0 Å². The summed E-state index contributed by atoms with van der Waals surface area (Å²) in [6.07, 6.45) is 2.99. The highest BCUT2D eigenvalue weighted by molar-refractivity contribution is 5.74. The molecule has 1 atom stereocenters. The number of aromatic nitrogens is 3. The molecule has 2 heterocycles. The molecule has 2 aromatic heterocycles. The van der Waals surface area contributed by atoms with Crippen molar-refractivity contribution >= 4 is 11.2 Å². The lowest BCUT2D eigenvalue weighted by Crippen LogP contribution is -2.36. The molecule has 0 aromatic carbocycles. The monoisotopic (exact) mass is 261 g/mol. The topological polar surface area (TPSA) is 65.6 Å². The van der Waals surface area contributed by atoms with Gasteiger partial charge in [0.25, 0.3) is 0 Å². The minimum absolute atomic E-state index is 0.443. The Bertz CT molecular complexity index is 520. The third-order valence-corrected chi connectivity index (χ3v) is 3.12. The first-order chi connectivity index (χ1) is 9.20. The van der Waals surface area contributed by atoms with Gasteiger partial charge in [0.2, 0.25) is 0 Å². The lowest BCUT2D eigenvalue weighted by Gasteiger charge is -2.14. The number of aryl methyl sites for hydroxylation is 1. The Morgan fingerprint density at radius 2 is 2.26 bits per heavy atom. The zero-order chi connectivity index (χ0) is 13.7. The first-order valence-electron chi connectivity index (χ1n) is 6.95. The third-order valence-electron chi connectivity index (χ3n) is 3.12. The Morgan fingerprint density at radius 1 is 1.42 bits per heavy atom. The highest BCUT2D eigenvalue weighted by atomic mass is 15.0. The van der Waals surface area contributed by atoms with E-state index in [1.165, 1.54) is 12.0 Å². The number of aromatic amines is 1. The molecule has 0 aliphatic rings. The number of nitrogens with one attached hydrogen (secondary N) is 3. The molecule has 0 bridgehead atoms. The second kappa shape index (κ2) is 6.63. The standard InChI is InChI=1S/C14H23N5/c1-4-6-15-8-10(2)17-9-12-5-7-16-14-13(12)18-11(3)19-14/h5,7,10,15,17H,4,6,8-9H2,1-3H3,(H,16,18,19). The highest BCUT2D eigenvalue weighted by Crippen LogP contribution is 2.13. The van der Waals surface area contributed by atoms with Crippen LogP contribution in [0.25, 0.3) is 11.2 Å². The molecule has 104 valence electrons. The number of rotatable bonds is 7. The number of nitrogens with zero attached hydrogens (tertiary/aromatic N) is 2. The van der Waals surface area contributed by atoms with Crippen molar-refractivity contribution in [3.8, 4) is 0 Å². The lowest BCUT2D eigenvalue weighted by molar-refractivity contribution is 0.502. The molecule has 0 radical (unpaired) electrons. The first-order valence-corrected chi connectivity index (χ1v) is 6.95. The number of hydrogen-bond acceptors (Lipinski definition) is 4. The van der Waals surface area contributed by atoms with Crippen LogP contribution in [0.1, 0.15) is 31.7 Å². The van der Waals surface area contributed by atoms with Gasteiger partial charge in [0.1, 0.15) is 5.82 Å². The predicted molar refractivity (Wildman–Crippen MR) is 78.1 cm³/mol. The molecular weight excluding hydrogens is 238 g/mol. The Kier molecular flexibility index (Phi) is 4.87. The van der Waals surface area contributed by atoms with Crippen LogP contribution < -0.4 is 10.6 Å². The van der Waals surface area contributed by atoms with Crippen molar-refractivity contribution in [2.24, 2.45) is 0 Å². The van der Waals surface area contributed by atoms with E-state index in [0.29, 0.717) is 6.04 Å². The molecule has 1 unspecified atom stereocenters. The molecule has 0 spiro atoms. The summed E-state index contributed by atoms with van der Waals surface area (Å²) in [4.78, 5) is 11.9. The van der Waals surface area contributed by atoms with Crippen LogP contribution in [-0.2, 0) is 6.54 Å². The summed E-state index contributed by atoms with van der Waals surface area (Å²) in [5.74, 6) is 0.910. The van der Waals surface area contributed by atoms with Crippen LogP contribution >= 0.6 is 0 Å². The van der Waals surface area contributed by atoms with Gasteiger partial charge in [-0.2, -0.15) is 0 Å². The summed E-state index contributed by atoms with van der Waals surface area (Å²) in [5, 5.41) is 6.94. The summed E-state index contributed by atoms with van der Waals surface area (Å²) in [5.41, 5.74) is 3.06. The van der Waals surface area contributed by atoms with Crippen molar-refractivity contribution in [2.75, 3.05) is 13.1 Å². The zero-order valence-corrected chi connectivity index (χ0v) is 12.0. The Labute approximate surface area is 114 Å². The van der Waals surface area contributed by atoms with Gasteiger partial charge in [-0.1, -0.05) is 6.92 Å². The van der Waals surface area contributed by atoms with Crippen molar-refractivity contribution in [1.82, 2.24) is 25.6 Å². The highest BCUT2D eigenvalue weighted by Gasteiger charge is 2.07. The first kappa shape index (κ1) is 14.0. The van der Waals surface area contributed by atoms with Crippen molar-refractivity contribution in [3.05, 3.63) is 23.7 Å². The minimum Gasteiger partial charge on any atom is -0.341 e.